The molecule has 190 valence electrons. The summed E-state index contributed by atoms with van der Waals surface area (Å²) >= 11 is 0. The van der Waals surface area contributed by atoms with E-state index in [1.165, 1.54) is 5.56 Å². The second kappa shape index (κ2) is 11.1. The quantitative estimate of drug-likeness (QED) is 0.219. The maximum absolute atomic E-state index is 12.3. The minimum Gasteiger partial charge on any atom is -0.452 e. The van der Waals surface area contributed by atoms with Crippen molar-refractivity contribution >= 4 is 23.7 Å². The number of carbonyl (C=O) groups excluding carboxylic acids is 1. The molecule has 0 N–H and O–H groups in total. The molecule has 0 amide bonds. The van der Waals surface area contributed by atoms with Gasteiger partial charge in [-0.3, -0.25) is 9.67 Å². The zero-order valence-electron chi connectivity index (χ0n) is 22.3. The molecule has 0 fully saturated rings. The van der Waals surface area contributed by atoms with Gasteiger partial charge in [0.25, 0.3) is 0 Å². The van der Waals surface area contributed by atoms with E-state index in [1.54, 1.807) is 6.92 Å². The van der Waals surface area contributed by atoms with E-state index < -0.39 is 12.4 Å². The Labute approximate surface area is 209 Å². The largest absolute Gasteiger partial charge is 0.511 e. The summed E-state index contributed by atoms with van der Waals surface area (Å²) < 4.78 is 19.0. The number of ether oxygens (including phenoxy) is 3. The highest BCUT2D eigenvalue weighted by atomic mass is 16.8. The fraction of sp³-hybridized carbons (Fsp3) is 0.536. The molecule has 2 aromatic rings. The number of aliphatic imine (C=N–C) groups is 1. The van der Waals surface area contributed by atoms with E-state index in [-0.39, 0.29) is 17.6 Å². The van der Waals surface area contributed by atoms with Crippen molar-refractivity contribution in [2.24, 2.45) is 4.99 Å². The van der Waals surface area contributed by atoms with Gasteiger partial charge in [0.2, 0.25) is 6.29 Å². The molecular formula is C28H39N3O4. The van der Waals surface area contributed by atoms with E-state index >= 15 is 0 Å². The van der Waals surface area contributed by atoms with Crippen molar-refractivity contribution in [2.45, 2.75) is 98.6 Å². The van der Waals surface area contributed by atoms with Crippen LogP contribution < -0.4 is 0 Å². The first-order valence-corrected chi connectivity index (χ1v) is 12.5. The normalized spacial score (nSPS) is 17.4. The lowest BCUT2D eigenvalue weighted by Gasteiger charge is -2.23. The van der Waals surface area contributed by atoms with Gasteiger partial charge in [-0.15, -0.1) is 0 Å². The maximum atomic E-state index is 12.3. The second-order valence-electron chi connectivity index (χ2n) is 10.1. The second-order valence-corrected chi connectivity index (χ2v) is 10.1. The zero-order valence-corrected chi connectivity index (χ0v) is 22.3. The molecule has 0 spiro atoms. The smallest absolute Gasteiger partial charge is 0.452 e. The lowest BCUT2D eigenvalue weighted by molar-refractivity contribution is -0.0758. The number of hydrogen-bond acceptors (Lipinski definition) is 6. The SMILES string of the molecule is CCCC(C)OC(=O)OC(C)O/C(=C(\c1ccc(C(C)(C)C)cc1)C1C=N1)c1cc(C)nn1CC. The Hall–Kier alpha value is -3.09. The van der Waals surface area contributed by atoms with Crippen LogP contribution in [0, 0.1) is 6.92 Å². The number of aromatic nitrogens is 2. The van der Waals surface area contributed by atoms with E-state index in [1.807, 2.05) is 44.7 Å². The van der Waals surface area contributed by atoms with Crippen molar-refractivity contribution in [2.75, 3.05) is 0 Å². The van der Waals surface area contributed by atoms with Gasteiger partial charge in [-0.2, -0.15) is 5.10 Å². The van der Waals surface area contributed by atoms with Crippen LogP contribution in [-0.2, 0) is 26.2 Å². The summed E-state index contributed by atoms with van der Waals surface area (Å²) in [6, 6.07) is 10.4. The minimum atomic E-state index is -0.866. The summed E-state index contributed by atoms with van der Waals surface area (Å²) in [5, 5.41) is 4.61. The zero-order chi connectivity index (χ0) is 25.8. The van der Waals surface area contributed by atoms with Gasteiger partial charge in [0.15, 0.2) is 5.76 Å². The molecule has 3 rings (SSSR count). The molecule has 1 aromatic carbocycles. The van der Waals surface area contributed by atoms with E-state index in [4.69, 9.17) is 14.2 Å². The molecule has 0 bridgehead atoms. The topological polar surface area (TPSA) is 74.9 Å². The molecule has 0 saturated carbocycles. The van der Waals surface area contributed by atoms with Crippen LogP contribution in [0.3, 0.4) is 0 Å². The molecule has 3 atom stereocenters. The first-order valence-electron chi connectivity index (χ1n) is 12.5. The standard InChI is InChI=1S/C28H39N3O4/c1-9-11-19(4)33-27(32)35-20(5)34-26(24-16-18(3)30-31(24)10-2)25(23-17-29-23)21-12-14-22(15-13-21)28(6,7)8/h12-17,19-20,23H,9-11H2,1-8H3/b26-25+. The summed E-state index contributed by atoms with van der Waals surface area (Å²) in [6.45, 7) is 16.8. The molecule has 2 heterocycles. The van der Waals surface area contributed by atoms with Crippen LogP contribution in [-0.4, -0.2) is 40.6 Å². The van der Waals surface area contributed by atoms with Gasteiger partial charge < -0.3 is 14.2 Å². The number of aryl methyl sites for hydroxylation is 2. The Morgan fingerprint density at radius 2 is 1.74 bits per heavy atom. The van der Waals surface area contributed by atoms with Crippen molar-refractivity contribution in [1.82, 2.24) is 9.78 Å². The first-order chi connectivity index (χ1) is 16.5. The molecule has 1 aromatic heterocycles. The summed E-state index contributed by atoms with van der Waals surface area (Å²) in [7, 11) is 0. The third-order valence-electron chi connectivity index (χ3n) is 5.87. The fourth-order valence-electron chi connectivity index (χ4n) is 3.99. The molecule has 35 heavy (non-hydrogen) atoms. The van der Waals surface area contributed by atoms with E-state index in [0.717, 1.165) is 35.4 Å². The van der Waals surface area contributed by atoms with Gasteiger partial charge in [-0.05, 0) is 49.8 Å². The molecule has 1 aliphatic heterocycles. The van der Waals surface area contributed by atoms with Crippen molar-refractivity contribution in [3.05, 3.63) is 52.8 Å². The van der Waals surface area contributed by atoms with Gasteiger partial charge in [0.05, 0.1) is 5.69 Å². The van der Waals surface area contributed by atoms with Crippen molar-refractivity contribution < 1.29 is 19.0 Å². The third-order valence-corrected chi connectivity index (χ3v) is 5.87. The number of rotatable bonds is 10. The van der Waals surface area contributed by atoms with Crippen LogP contribution in [0.4, 0.5) is 4.79 Å². The number of nitrogens with zero attached hydrogens (tertiary/aromatic N) is 3. The fourth-order valence-corrected chi connectivity index (χ4v) is 3.99. The molecular weight excluding hydrogens is 442 g/mol. The monoisotopic (exact) mass is 481 g/mol. The minimum absolute atomic E-state index is 0.0490. The predicted octanol–water partition coefficient (Wildman–Crippen LogP) is 6.53. The Bertz CT molecular complexity index is 1070. The van der Waals surface area contributed by atoms with Crippen molar-refractivity contribution in [1.29, 1.82) is 0 Å². The highest BCUT2D eigenvalue weighted by Gasteiger charge is 2.30. The highest BCUT2D eigenvalue weighted by molar-refractivity contribution is 6.03. The number of benzene rings is 1. The van der Waals surface area contributed by atoms with E-state index in [2.05, 4.69) is 55.1 Å². The van der Waals surface area contributed by atoms with Crippen LogP contribution in [0.5, 0.6) is 0 Å². The molecule has 1 aliphatic rings. The molecule has 3 unspecified atom stereocenters. The molecule has 0 radical (unpaired) electrons. The van der Waals surface area contributed by atoms with Crippen molar-refractivity contribution in [3.8, 4) is 0 Å². The molecule has 7 nitrogen and oxygen atoms in total. The van der Waals surface area contributed by atoms with Gasteiger partial charge in [-0.1, -0.05) is 58.4 Å². The Morgan fingerprint density at radius 1 is 1.09 bits per heavy atom. The molecule has 0 saturated heterocycles. The lowest BCUT2D eigenvalue weighted by atomic mass is 9.86. The van der Waals surface area contributed by atoms with Gasteiger partial charge >= 0.3 is 6.16 Å². The summed E-state index contributed by atoms with van der Waals surface area (Å²) in [5.74, 6) is 0.598. The van der Waals surface area contributed by atoms with Crippen LogP contribution in [0.1, 0.15) is 83.8 Å². The van der Waals surface area contributed by atoms with Gasteiger partial charge in [-0.25, -0.2) is 4.79 Å². The molecule has 0 aliphatic carbocycles. The van der Waals surface area contributed by atoms with Crippen LogP contribution in [0.25, 0.3) is 11.3 Å². The Kier molecular flexibility index (Phi) is 8.41. The highest BCUT2D eigenvalue weighted by Crippen LogP contribution is 2.36. The molecule has 7 heteroatoms. The van der Waals surface area contributed by atoms with E-state index in [9.17, 15) is 4.79 Å². The van der Waals surface area contributed by atoms with Crippen LogP contribution in [0.15, 0.2) is 35.3 Å². The average molecular weight is 482 g/mol. The van der Waals surface area contributed by atoms with Crippen LogP contribution >= 0.6 is 0 Å². The summed E-state index contributed by atoms with van der Waals surface area (Å²) in [5.41, 5.74) is 4.91. The summed E-state index contributed by atoms with van der Waals surface area (Å²) in [6.07, 6.45) is 1.77. The lowest BCUT2D eigenvalue weighted by Crippen LogP contribution is -2.23. The van der Waals surface area contributed by atoms with Gasteiger partial charge in [0.1, 0.15) is 17.8 Å². The van der Waals surface area contributed by atoms with Crippen LogP contribution in [0.2, 0.25) is 0 Å². The van der Waals surface area contributed by atoms with E-state index in [0.29, 0.717) is 12.3 Å². The average Bonchev–Trinajstić information content (AvgIpc) is 3.53. The first kappa shape index (κ1) is 26.5. The number of hydrogen-bond donors (Lipinski definition) is 0. The summed E-state index contributed by atoms with van der Waals surface area (Å²) in [4.78, 5) is 16.8. The third kappa shape index (κ3) is 6.96. The Balaban J connectivity index is 1.99. The van der Waals surface area contributed by atoms with Crippen molar-refractivity contribution in [3.63, 3.8) is 0 Å². The Morgan fingerprint density at radius 3 is 2.29 bits per heavy atom. The maximum Gasteiger partial charge on any atom is 0.511 e. The van der Waals surface area contributed by atoms with Gasteiger partial charge in [0, 0.05) is 25.3 Å². The predicted molar refractivity (Wildman–Crippen MR) is 139 cm³/mol. The number of carbonyl (C=O) groups is 1.